The van der Waals surface area contributed by atoms with Crippen LogP contribution < -0.4 is 5.73 Å². The molecule has 3 atom stereocenters. The largest absolute Gasteiger partial charge is 0.390 e. The molecule has 1 aromatic carbocycles. The first kappa shape index (κ1) is 18.8. The smallest absolute Gasteiger partial charge is 0.0840 e. The van der Waals surface area contributed by atoms with Gasteiger partial charge in [-0.15, -0.1) is 0 Å². The van der Waals surface area contributed by atoms with Gasteiger partial charge in [0.05, 0.1) is 6.10 Å². The molecule has 1 aliphatic rings. The minimum Gasteiger partial charge on any atom is -0.390 e. The fourth-order valence-electron chi connectivity index (χ4n) is 4.02. The molecule has 1 saturated carbocycles. The summed E-state index contributed by atoms with van der Waals surface area (Å²) in [5, 5.41) is 11.1. The van der Waals surface area contributed by atoms with Crippen LogP contribution >= 0.6 is 12.6 Å². The molecule has 1 aromatic rings. The third-order valence-corrected chi connectivity index (χ3v) is 6.33. The van der Waals surface area contributed by atoms with Crippen molar-refractivity contribution in [3.8, 4) is 0 Å². The van der Waals surface area contributed by atoms with Crippen molar-refractivity contribution >= 4 is 12.6 Å². The Balaban J connectivity index is 2.09. The molecule has 2 rings (SSSR count). The average Bonchev–Trinajstić information content (AvgIpc) is 2.60. The fraction of sp³-hybridized carbons (Fsp3) is 0.700. The van der Waals surface area contributed by atoms with Gasteiger partial charge in [-0.05, 0) is 37.2 Å². The van der Waals surface area contributed by atoms with E-state index in [1.54, 1.807) is 0 Å². The second-order valence-corrected chi connectivity index (χ2v) is 8.06. The lowest BCUT2D eigenvalue weighted by molar-refractivity contribution is 0.0567. The highest BCUT2D eigenvalue weighted by molar-refractivity contribution is 7.81. The minimum atomic E-state index is -0.555. The predicted octanol–water partition coefficient (Wildman–Crippen LogP) is 4.36. The SMILES string of the molecule is CCCCC(S)(C1CCCCC1)C(O)C(N)Cc1ccccc1. The summed E-state index contributed by atoms with van der Waals surface area (Å²) < 4.78 is -0.343. The normalized spacial score (nSPS) is 21.6. The molecule has 0 aromatic heterocycles. The van der Waals surface area contributed by atoms with E-state index in [0.717, 1.165) is 19.3 Å². The monoisotopic (exact) mass is 335 g/mol. The lowest BCUT2D eigenvalue weighted by Crippen LogP contribution is -2.54. The maximum atomic E-state index is 11.1. The molecule has 3 unspecified atom stereocenters. The molecule has 130 valence electrons. The molecule has 23 heavy (non-hydrogen) atoms. The summed E-state index contributed by atoms with van der Waals surface area (Å²) in [6, 6.07) is 9.98. The van der Waals surface area contributed by atoms with Gasteiger partial charge in [-0.25, -0.2) is 0 Å². The Morgan fingerprint density at radius 2 is 1.87 bits per heavy atom. The maximum absolute atomic E-state index is 11.1. The number of hydrogen-bond acceptors (Lipinski definition) is 3. The van der Waals surface area contributed by atoms with E-state index in [9.17, 15) is 5.11 Å². The van der Waals surface area contributed by atoms with E-state index in [4.69, 9.17) is 18.4 Å². The number of aliphatic hydroxyl groups is 1. The van der Waals surface area contributed by atoms with Crippen LogP contribution in [-0.4, -0.2) is 22.0 Å². The Hall–Kier alpha value is -0.510. The number of aliphatic hydroxyl groups excluding tert-OH is 1. The zero-order chi connectivity index (χ0) is 16.7. The van der Waals surface area contributed by atoms with Gasteiger partial charge in [0.1, 0.15) is 0 Å². The molecule has 3 N–H and O–H groups in total. The van der Waals surface area contributed by atoms with Gasteiger partial charge in [-0.2, -0.15) is 12.6 Å². The Kier molecular flexibility index (Phi) is 7.45. The van der Waals surface area contributed by atoms with Crippen molar-refractivity contribution in [3.63, 3.8) is 0 Å². The number of nitrogens with two attached hydrogens (primary N) is 1. The lowest BCUT2D eigenvalue weighted by Gasteiger charge is -2.44. The summed E-state index contributed by atoms with van der Waals surface area (Å²) in [5.41, 5.74) is 7.60. The summed E-state index contributed by atoms with van der Waals surface area (Å²) in [6.07, 6.45) is 9.57. The number of thiol groups is 1. The van der Waals surface area contributed by atoms with Gasteiger partial charge >= 0.3 is 0 Å². The summed E-state index contributed by atoms with van der Waals surface area (Å²) in [6.45, 7) is 2.20. The summed E-state index contributed by atoms with van der Waals surface area (Å²) in [7, 11) is 0. The molecule has 0 bridgehead atoms. The first-order chi connectivity index (χ1) is 11.1. The van der Waals surface area contributed by atoms with Crippen LogP contribution in [0.25, 0.3) is 0 Å². The van der Waals surface area contributed by atoms with Gasteiger partial charge < -0.3 is 10.8 Å². The van der Waals surface area contributed by atoms with Crippen LogP contribution in [0.4, 0.5) is 0 Å². The van der Waals surface area contributed by atoms with Gasteiger partial charge in [0.2, 0.25) is 0 Å². The zero-order valence-electron chi connectivity index (χ0n) is 14.5. The topological polar surface area (TPSA) is 46.2 Å². The summed E-state index contributed by atoms with van der Waals surface area (Å²) in [4.78, 5) is 0. The molecule has 3 heteroatoms. The molecule has 1 aliphatic carbocycles. The third-order valence-electron chi connectivity index (χ3n) is 5.47. The van der Waals surface area contributed by atoms with Crippen LogP contribution in [0.2, 0.25) is 0 Å². The Labute approximate surface area is 147 Å². The zero-order valence-corrected chi connectivity index (χ0v) is 15.3. The van der Waals surface area contributed by atoms with E-state index < -0.39 is 6.10 Å². The van der Waals surface area contributed by atoms with Crippen molar-refractivity contribution in [1.29, 1.82) is 0 Å². The summed E-state index contributed by atoms with van der Waals surface area (Å²) in [5.74, 6) is 0.489. The molecule has 2 nitrogen and oxygen atoms in total. The minimum absolute atomic E-state index is 0.256. The molecule has 0 saturated heterocycles. The second kappa shape index (κ2) is 9.10. The highest BCUT2D eigenvalue weighted by atomic mass is 32.1. The van der Waals surface area contributed by atoms with Crippen LogP contribution in [-0.2, 0) is 6.42 Å². The summed E-state index contributed by atoms with van der Waals surface area (Å²) >= 11 is 5.07. The van der Waals surface area contributed by atoms with E-state index in [-0.39, 0.29) is 10.8 Å². The van der Waals surface area contributed by atoms with E-state index in [2.05, 4.69) is 19.1 Å². The number of hydrogen-bond donors (Lipinski definition) is 3. The number of unbranched alkanes of at least 4 members (excludes halogenated alkanes) is 1. The van der Waals surface area contributed by atoms with Crippen molar-refractivity contribution in [2.45, 2.75) is 81.6 Å². The van der Waals surface area contributed by atoms with E-state index in [1.807, 2.05) is 18.2 Å². The van der Waals surface area contributed by atoms with Crippen LogP contribution in [0, 0.1) is 5.92 Å². The van der Waals surface area contributed by atoms with E-state index in [1.165, 1.54) is 37.7 Å². The molecule has 0 heterocycles. The quantitative estimate of drug-likeness (QED) is 0.618. The second-order valence-electron chi connectivity index (χ2n) is 7.23. The van der Waals surface area contributed by atoms with E-state index >= 15 is 0 Å². The Morgan fingerprint density at radius 1 is 1.22 bits per heavy atom. The van der Waals surface area contributed by atoms with Crippen molar-refractivity contribution in [3.05, 3.63) is 35.9 Å². The number of benzene rings is 1. The van der Waals surface area contributed by atoms with Crippen molar-refractivity contribution in [2.75, 3.05) is 0 Å². The standard InChI is InChI=1S/C20H33NOS/c1-2-3-14-20(23,17-12-8-5-9-13-17)19(22)18(21)15-16-10-6-4-7-11-16/h4,6-7,10-11,17-19,22-23H,2-3,5,8-9,12-15,21H2,1H3. The molecule has 1 fully saturated rings. The third kappa shape index (κ3) is 4.98. The first-order valence-corrected chi connectivity index (χ1v) is 9.72. The van der Waals surface area contributed by atoms with Crippen molar-refractivity contribution in [2.24, 2.45) is 11.7 Å². The van der Waals surface area contributed by atoms with Crippen molar-refractivity contribution in [1.82, 2.24) is 0 Å². The highest BCUT2D eigenvalue weighted by Crippen LogP contribution is 2.43. The molecular formula is C20H33NOS. The van der Waals surface area contributed by atoms with Crippen LogP contribution in [0.15, 0.2) is 30.3 Å². The highest BCUT2D eigenvalue weighted by Gasteiger charge is 2.43. The average molecular weight is 336 g/mol. The number of rotatable bonds is 8. The molecule has 0 amide bonds. The van der Waals surface area contributed by atoms with Crippen LogP contribution in [0.5, 0.6) is 0 Å². The fourth-order valence-corrected chi connectivity index (χ4v) is 4.63. The van der Waals surface area contributed by atoms with Gasteiger partial charge in [-0.1, -0.05) is 69.4 Å². The van der Waals surface area contributed by atoms with E-state index in [0.29, 0.717) is 12.3 Å². The predicted molar refractivity (Wildman–Crippen MR) is 102 cm³/mol. The van der Waals surface area contributed by atoms with Crippen LogP contribution in [0.1, 0.15) is 63.9 Å². The Bertz CT molecular complexity index is 446. The van der Waals surface area contributed by atoms with Gasteiger partial charge in [-0.3, -0.25) is 0 Å². The van der Waals surface area contributed by atoms with Crippen molar-refractivity contribution < 1.29 is 5.11 Å². The van der Waals surface area contributed by atoms with Crippen LogP contribution in [0.3, 0.4) is 0 Å². The molecule has 0 spiro atoms. The van der Waals surface area contributed by atoms with Gasteiger partial charge in [0.15, 0.2) is 0 Å². The lowest BCUT2D eigenvalue weighted by atomic mass is 9.72. The molecule has 0 radical (unpaired) electrons. The van der Waals surface area contributed by atoms with Gasteiger partial charge in [0.25, 0.3) is 0 Å². The molecule has 0 aliphatic heterocycles. The maximum Gasteiger partial charge on any atom is 0.0840 e. The Morgan fingerprint density at radius 3 is 2.48 bits per heavy atom. The van der Waals surface area contributed by atoms with Gasteiger partial charge in [0, 0.05) is 10.8 Å². The molecular weight excluding hydrogens is 302 g/mol. The first-order valence-electron chi connectivity index (χ1n) is 9.28.